The summed E-state index contributed by atoms with van der Waals surface area (Å²) in [6.45, 7) is 4.06. The van der Waals surface area contributed by atoms with Crippen molar-refractivity contribution in [1.29, 1.82) is 0 Å². The van der Waals surface area contributed by atoms with Gasteiger partial charge in [-0.15, -0.1) is 0 Å². The smallest absolute Gasteiger partial charge is 0.314 e. The molecule has 0 fully saturated rings. The minimum Gasteiger partial charge on any atom is -0.452 e. The molecule has 27 heavy (non-hydrogen) atoms. The zero-order valence-corrected chi connectivity index (χ0v) is 16.3. The quantitative estimate of drug-likeness (QED) is 0.463. The Morgan fingerprint density at radius 3 is 1.67 bits per heavy atom. The lowest BCUT2D eigenvalue weighted by atomic mass is 9.88. The number of esters is 1. The lowest BCUT2D eigenvalue weighted by molar-refractivity contribution is -0.150. The van der Waals surface area contributed by atoms with E-state index in [1.807, 2.05) is 98.8 Å². The summed E-state index contributed by atoms with van der Waals surface area (Å²) in [5, 5.41) is 0.654. The van der Waals surface area contributed by atoms with Crippen molar-refractivity contribution in [2.45, 2.75) is 25.9 Å². The van der Waals surface area contributed by atoms with E-state index in [0.717, 1.165) is 16.7 Å². The molecule has 0 N–H and O–H groups in total. The van der Waals surface area contributed by atoms with Crippen molar-refractivity contribution in [3.63, 3.8) is 0 Å². The Morgan fingerprint density at radius 1 is 0.741 bits per heavy atom. The van der Waals surface area contributed by atoms with Crippen molar-refractivity contribution in [1.82, 2.24) is 0 Å². The average molecular weight is 379 g/mol. The van der Waals surface area contributed by atoms with E-state index in [-0.39, 0.29) is 17.8 Å². The number of rotatable bonds is 6. The molecular weight excluding hydrogens is 356 g/mol. The molecule has 0 spiro atoms. The van der Waals surface area contributed by atoms with E-state index in [9.17, 15) is 4.79 Å². The van der Waals surface area contributed by atoms with Crippen LogP contribution in [0.25, 0.3) is 0 Å². The SMILES string of the molecule is CC(C)[C@@H](C(=O)OC(c1ccccc1)c1ccccc1)c1ccc(Cl)cc1. The minimum absolute atomic E-state index is 0.103. The molecule has 0 aliphatic rings. The van der Waals surface area contributed by atoms with Crippen molar-refractivity contribution < 1.29 is 9.53 Å². The van der Waals surface area contributed by atoms with Gasteiger partial charge in [-0.1, -0.05) is 98.2 Å². The van der Waals surface area contributed by atoms with Crippen molar-refractivity contribution in [2.24, 2.45) is 5.92 Å². The fraction of sp³-hybridized carbons (Fsp3) is 0.208. The Bertz CT molecular complexity index is 818. The Hall–Kier alpha value is -2.58. The molecule has 0 aromatic heterocycles. The first-order valence-electron chi connectivity index (χ1n) is 9.12. The van der Waals surface area contributed by atoms with E-state index >= 15 is 0 Å². The minimum atomic E-state index is -0.437. The molecular formula is C24H23ClO2. The van der Waals surface area contributed by atoms with Crippen LogP contribution in [0.15, 0.2) is 84.9 Å². The van der Waals surface area contributed by atoms with Gasteiger partial charge in [-0.25, -0.2) is 0 Å². The van der Waals surface area contributed by atoms with Crippen LogP contribution in [-0.2, 0) is 9.53 Å². The third-order valence-electron chi connectivity index (χ3n) is 4.59. The van der Waals surface area contributed by atoms with Crippen molar-refractivity contribution in [3.8, 4) is 0 Å². The first-order valence-corrected chi connectivity index (χ1v) is 9.50. The maximum absolute atomic E-state index is 13.2. The molecule has 0 aliphatic carbocycles. The van der Waals surface area contributed by atoms with Crippen molar-refractivity contribution in [2.75, 3.05) is 0 Å². The van der Waals surface area contributed by atoms with Crippen LogP contribution in [-0.4, -0.2) is 5.97 Å². The fourth-order valence-corrected chi connectivity index (χ4v) is 3.36. The molecule has 138 valence electrons. The van der Waals surface area contributed by atoms with Gasteiger partial charge in [-0.05, 0) is 34.7 Å². The number of carbonyl (C=O) groups excluding carboxylic acids is 1. The van der Waals surface area contributed by atoms with Crippen LogP contribution in [0.4, 0.5) is 0 Å². The molecule has 1 atom stereocenters. The molecule has 3 aromatic rings. The van der Waals surface area contributed by atoms with Gasteiger partial charge >= 0.3 is 5.97 Å². The summed E-state index contributed by atoms with van der Waals surface area (Å²) in [5.41, 5.74) is 2.82. The molecule has 3 heteroatoms. The summed E-state index contributed by atoms with van der Waals surface area (Å²) in [6.07, 6.45) is -0.437. The van der Waals surface area contributed by atoms with E-state index < -0.39 is 6.10 Å². The predicted octanol–water partition coefficient (Wildman–Crippen LogP) is 6.41. The monoisotopic (exact) mass is 378 g/mol. The standard InChI is InChI=1S/C24H23ClO2/c1-17(2)22(18-13-15-21(25)16-14-18)24(26)27-23(19-9-5-3-6-10-19)20-11-7-4-8-12-20/h3-17,22-23H,1-2H3/t22-/m1/s1. The van der Waals surface area contributed by atoms with Crippen LogP contribution in [0.5, 0.6) is 0 Å². The summed E-state index contributed by atoms with van der Waals surface area (Å²) < 4.78 is 6.06. The van der Waals surface area contributed by atoms with Gasteiger partial charge in [-0.2, -0.15) is 0 Å². The van der Waals surface area contributed by atoms with Crippen LogP contribution >= 0.6 is 11.6 Å². The van der Waals surface area contributed by atoms with Gasteiger partial charge in [0.25, 0.3) is 0 Å². The van der Waals surface area contributed by atoms with E-state index in [1.165, 1.54) is 0 Å². The molecule has 0 bridgehead atoms. The molecule has 0 radical (unpaired) electrons. The number of hydrogen-bond donors (Lipinski definition) is 0. The highest BCUT2D eigenvalue weighted by Crippen LogP contribution is 2.32. The lowest BCUT2D eigenvalue weighted by Crippen LogP contribution is -2.23. The maximum Gasteiger partial charge on any atom is 0.314 e. The molecule has 2 nitrogen and oxygen atoms in total. The number of carbonyl (C=O) groups is 1. The van der Waals surface area contributed by atoms with Crippen LogP contribution in [0.1, 0.15) is 42.6 Å². The topological polar surface area (TPSA) is 26.3 Å². The van der Waals surface area contributed by atoms with E-state index in [4.69, 9.17) is 16.3 Å². The second kappa shape index (κ2) is 8.88. The van der Waals surface area contributed by atoms with Crippen LogP contribution in [0, 0.1) is 5.92 Å². The third kappa shape index (κ3) is 4.78. The summed E-state index contributed by atoms with van der Waals surface area (Å²) in [6, 6.07) is 27.1. The highest BCUT2D eigenvalue weighted by atomic mass is 35.5. The van der Waals surface area contributed by atoms with Gasteiger partial charge in [-0.3, -0.25) is 4.79 Å². The maximum atomic E-state index is 13.2. The zero-order chi connectivity index (χ0) is 19.2. The molecule has 0 amide bonds. The van der Waals surface area contributed by atoms with Gasteiger partial charge in [0.15, 0.2) is 6.10 Å². The molecule has 0 unspecified atom stereocenters. The molecule has 3 rings (SSSR count). The number of ether oxygens (including phenoxy) is 1. The van der Waals surface area contributed by atoms with Crippen LogP contribution < -0.4 is 0 Å². The lowest BCUT2D eigenvalue weighted by Gasteiger charge is -2.25. The Labute approximate surface area is 165 Å². The van der Waals surface area contributed by atoms with E-state index in [0.29, 0.717) is 5.02 Å². The van der Waals surface area contributed by atoms with Gasteiger partial charge in [0.1, 0.15) is 0 Å². The Kier molecular flexibility index (Phi) is 6.31. The number of benzene rings is 3. The molecule has 3 aromatic carbocycles. The van der Waals surface area contributed by atoms with E-state index in [1.54, 1.807) is 0 Å². The van der Waals surface area contributed by atoms with Crippen molar-refractivity contribution >= 4 is 17.6 Å². The predicted molar refractivity (Wildman–Crippen MR) is 110 cm³/mol. The molecule has 0 aliphatic heterocycles. The third-order valence-corrected chi connectivity index (χ3v) is 4.84. The van der Waals surface area contributed by atoms with Gasteiger partial charge < -0.3 is 4.74 Å². The summed E-state index contributed by atoms with van der Waals surface area (Å²) in [4.78, 5) is 13.2. The second-order valence-corrected chi connectivity index (χ2v) is 7.35. The van der Waals surface area contributed by atoms with Gasteiger partial charge in [0, 0.05) is 5.02 Å². The number of halogens is 1. The largest absolute Gasteiger partial charge is 0.452 e. The van der Waals surface area contributed by atoms with Crippen molar-refractivity contribution in [3.05, 3.63) is 107 Å². The Morgan fingerprint density at radius 2 is 1.22 bits per heavy atom. The molecule has 0 saturated carbocycles. The normalized spacial score (nSPS) is 12.2. The van der Waals surface area contributed by atoms with Crippen LogP contribution in [0.2, 0.25) is 5.02 Å². The van der Waals surface area contributed by atoms with Gasteiger partial charge in [0.2, 0.25) is 0 Å². The highest BCUT2D eigenvalue weighted by Gasteiger charge is 2.29. The molecule has 0 saturated heterocycles. The van der Waals surface area contributed by atoms with E-state index in [2.05, 4.69) is 0 Å². The first-order chi connectivity index (χ1) is 13.1. The fourth-order valence-electron chi connectivity index (χ4n) is 3.24. The first kappa shape index (κ1) is 19.2. The van der Waals surface area contributed by atoms with Crippen LogP contribution in [0.3, 0.4) is 0 Å². The zero-order valence-electron chi connectivity index (χ0n) is 15.5. The second-order valence-electron chi connectivity index (χ2n) is 6.91. The summed E-state index contributed by atoms with van der Waals surface area (Å²) in [7, 11) is 0. The van der Waals surface area contributed by atoms with Gasteiger partial charge in [0.05, 0.1) is 5.92 Å². The Balaban J connectivity index is 1.92. The summed E-state index contributed by atoms with van der Waals surface area (Å²) >= 11 is 6.00. The number of hydrogen-bond acceptors (Lipinski definition) is 2. The average Bonchev–Trinajstić information content (AvgIpc) is 2.69. The summed E-state index contributed by atoms with van der Waals surface area (Å²) in [5.74, 6) is -0.479. The highest BCUT2D eigenvalue weighted by molar-refractivity contribution is 6.30. The molecule has 0 heterocycles.